The van der Waals surface area contributed by atoms with Crippen LogP contribution < -0.4 is 0 Å². The van der Waals surface area contributed by atoms with E-state index in [2.05, 4.69) is 4.99 Å². The van der Waals surface area contributed by atoms with Crippen molar-refractivity contribution in [2.45, 2.75) is 0 Å². The standard InChI is InChI=1S/C17H11N3O5/c21-17-8-7-15(13-3-1-2-4-14(13)17)18-10-11-5-6-12(19(22)23)9-16(11)20(24)25/h1-10,21H. The zero-order valence-electron chi connectivity index (χ0n) is 12.7. The molecule has 0 saturated heterocycles. The van der Waals surface area contributed by atoms with Crippen molar-refractivity contribution in [1.29, 1.82) is 0 Å². The Labute approximate surface area is 141 Å². The fourth-order valence-corrected chi connectivity index (χ4v) is 2.43. The Morgan fingerprint density at radius 3 is 2.32 bits per heavy atom. The van der Waals surface area contributed by atoms with Gasteiger partial charge in [0.1, 0.15) is 5.75 Å². The Kier molecular flexibility index (Phi) is 4.09. The van der Waals surface area contributed by atoms with E-state index in [-0.39, 0.29) is 17.0 Å². The molecule has 8 nitrogen and oxygen atoms in total. The predicted octanol–water partition coefficient (Wildman–Crippen LogP) is 4.11. The highest BCUT2D eigenvalue weighted by atomic mass is 16.6. The third-order valence-corrected chi connectivity index (χ3v) is 3.64. The van der Waals surface area contributed by atoms with Gasteiger partial charge in [0.25, 0.3) is 11.4 Å². The maximum absolute atomic E-state index is 11.2. The van der Waals surface area contributed by atoms with Crippen LogP contribution in [0.4, 0.5) is 17.1 Å². The third-order valence-electron chi connectivity index (χ3n) is 3.64. The van der Waals surface area contributed by atoms with Crippen molar-refractivity contribution in [2.24, 2.45) is 4.99 Å². The first-order chi connectivity index (χ1) is 12.0. The lowest BCUT2D eigenvalue weighted by atomic mass is 10.1. The summed E-state index contributed by atoms with van der Waals surface area (Å²) in [5, 5.41) is 33.1. The van der Waals surface area contributed by atoms with Gasteiger partial charge in [-0.05, 0) is 18.2 Å². The van der Waals surface area contributed by atoms with Crippen LogP contribution in [0.3, 0.4) is 0 Å². The molecule has 0 amide bonds. The first kappa shape index (κ1) is 16.1. The highest BCUT2D eigenvalue weighted by molar-refractivity contribution is 5.99. The third kappa shape index (κ3) is 3.13. The number of benzene rings is 3. The van der Waals surface area contributed by atoms with Gasteiger partial charge in [0.15, 0.2) is 0 Å². The number of aliphatic imine (C=N–C) groups is 1. The molecule has 0 spiro atoms. The normalized spacial score (nSPS) is 11.0. The number of fused-ring (bicyclic) bond motifs is 1. The summed E-state index contributed by atoms with van der Waals surface area (Å²) in [4.78, 5) is 24.8. The number of phenolic OH excluding ortho intramolecular Hbond substituents is 1. The summed E-state index contributed by atoms with van der Waals surface area (Å²) in [6.45, 7) is 0. The number of aromatic hydroxyl groups is 1. The molecule has 0 atom stereocenters. The highest BCUT2D eigenvalue weighted by Gasteiger charge is 2.18. The van der Waals surface area contributed by atoms with Gasteiger partial charge in [-0.15, -0.1) is 0 Å². The smallest absolute Gasteiger partial charge is 0.285 e. The van der Waals surface area contributed by atoms with E-state index in [0.29, 0.717) is 16.5 Å². The van der Waals surface area contributed by atoms with E-state index in [1.165, 1.54) is 24.4 Å². The first-order valence-corrected chi connectivity index (χ1v) is 7.15. The molecule has 3 aromatic carbocycles. The van der Waals surface area contributed by atoms with Gasteiger partial charge in [-0.25, -0.2) is 0 Å². The summed E-state index contributed by atoms with van der Waals surface area (Å²) < 4.78 is 0. The molecule has 0 unspecified atom stereocenters. The Morgan fingerprint density at radius 2 is 1.64 bits per heavy atom. The predicted molar refractivity (Wildman–Crippen MR) is 92.6 cm³/mol. The molecule has 0 fully saturated rings. The lowest BCUT2D eigenvalue weighted by molar-refractivity contribution is -0.394. The van der Waals surface area contributed by atoms with Gasteiger partial charge in [0.05, 0.1) is 27.2 Å². The topological polar surface area (TPSA) is 119 Å². The van der Waals surface area contributed by atoms with E-state index in [1.54, 1.807) is 30.3 Å². The van der Waals surface area contributed by atoms with E-state index in [1.807, 2.05) is 0 Å². The van der Waals surface area contributed by atoms with Crippen molar-refractivity contribution in [3.8, 4) is 5.75 Å². The quantitative estimate of drug-likeness (QED) is 0.436. The van der Waals surface area contributed by atoms with Crippen molar-refractivity contribution in [2.75, 3.05) is 0 Å². The maximum Gasteiger partial charge on any atom is 0.285 e. The lowest BCUT2D eigenvalue weighted by Gasteiger charge is -2.04. The van der Waals surface area contributed by atoms with E-state index in [9.17, 15) is 25.3 Å². The second-order valence-electron chi connectivity index (χ2n) is 5.16. The summed E-state index contributed by atoms with van der Waals surface area (Å²) in [6.07, 6.45) is 1.28. The average Bonchev–Trinajstić information content (AvgIpc) is 2.61. The van der Waals surface area contributed by atoms with Crippen molar-refractivity contribution in [3.63, 3.8) is 0 Å². The number of nitro benzene ring substituents is 2. The number of non-ortho nitro benzene ring substituents is 1. The van der Waals surface area contributed by atoms with Crippen LogP contribution in [0.5, 0.6) is 5.75 Å². The van der Waals surface area contributed by atoms with Crippen LogP contribution >= 0.6 is 0 Å². The molecule has 124 valence electrons. The molecular weight excluding hydrogens is 326 g/mol. The molecule has 0 aromatic heterocycles. The molecule has 0 aliphatic carbocycles. The van der Waals surface area contributed by atoms with Crippen LogP contribution in [0.1, 0.15) is 5.56 Å². The van der Waals surface area contributed by atoms with E-state index in [0.717, 1.165) is 6.07 Å². The molecule has 0 heterocycles. The summed E-state index contributed by atoms with van der Waals surface area (Å²) in [5.74, 6) is 0.107. The molecule has 0 saturated carbocycles. The van der Waals surface area contributed by atoms with Gasteiger partial charge >= 0.3 is 0 Å². The zero-order chi connectivity index (χ0) is 18.0. The number of hydrogen-bond donors (Lipinski definition) is 1. The van der Waals surface area contributed by atoms with Gasteiger partial charge in [-0.2, -0.15) is 0 Å². The van der Waals surface area contributed by atoms with Crippen molar-refractivity contribution < 1.29 is 15.0 Å². The Balaban J connectivity index is 2.07. The minimum absolute atomic E-state index is 0.107. The summed E-state index contributed by atoms with van der Waals surface area (Å²) in [5.41, 5.74) is -0.103. The van der Waals surface area contributed by atoms with Crippen LogP contribution in [0.25, 0.3) is 10.8 Å². The highest BCUT2D eigenvalue weighted by Crippen LogP contribution is 2.32. The number of nitro groups is 2. The lowest BCUT2D eigenvalue weighted by Crippen LogP contribution is -1.97. The molecule has 1 N–H and O–H groups in total. The van der Waals surface area contributed by atoms with Crippen LogP contribution in [0.15, 0.2) is 59.6 Å². The SMILES string of the molecule is O=[N+]([O-])c1ccc(C=Nc2ccc(O)c3ccccc23)c([N+](=O)[O-])c1. The van der Waals surface area contributed by atoms with Crippen LogP contribution in [0.2, 0.25) is 0 Å². The van der Waals surface area contributed by atoms with E-state index < -0.39 is 15.5 Å². The minimum Gasteiger partial charge on any atom is -0.507 e. The van der Waals surface area contributed by atoms with Crippen molar-refractivity contribution in [1.82, 2.24) is 0 Å². The second-order valence-corrected chi connectivity index (χ2v) is 5.16. The van der Waals surface area contributed by atoms with Gasteiger partial charge in [-0.1, -0.05) is 24.3 Å². The molecule has 0 bridgehead atoms. The van der Waals surface area contributed by atoms with Crippen molar-refractivity contribution in [3.05, 3.63) is 80.4 Å². The summed E-state index contributed by atoms with van der Waals surface area (Å²) in [6, 6.07) is 13.5. The molecule has 8 heteroatoms. The Hall–Kier alpha value is -3.81. The number of phenols is 1. The van der Waals surface area contributed by atoms with Gasteiger partial charge in [0, 0.05) is 23.1 Å². The van der Waals surface area contributed by atoms with E-state index in [4.69, 9.17) is 0 Å². The maximum atomic E-state index is 11.2. The number of nitrogens with zero attached hydrogens (tertiary/aromatic N) is 3. The molecule has 3 aromatic rings. The van der Waals surface area contributed by atoms with Gasteiger partial charge < -0.3 is 5.11 Å². The zero-order valence-corrected chi connectivity index (χ0v) is 12.7. The molecule has 0 radical (unpaired) electrons. The van der Waals surface area contributed by atoms with Crippen LogP contribution in [0, 0.1) is 20.2 Å². The largest absolute Gasteiger partial charge is 0.507 e. The molecule has 0 aliphatic rings. The average molecular weight is 337 g/mol. The fraction of sp³-hybridized carbons (Fsp3) is 0. The number of rotatable bonds is 4. The van der Waals surface area contributed by atoms with Crippen LogP contribution in [-0.4, -0.2) is 21.2 Å². The second kappa shape index (κ2) is 6.36. The molecule has 0 aliphatic heterocycles. The fourth-order valence-electron chi connectivity index (χ4n) is 2.43. The minimum atomic E-state index is -0.693. The molecule has 3 rings (SSSR count). The first-order valence-electron chi connectivity index (χ1n) is 7.15. The van der Waals surface area contributed by atoms with Crippen molar-refractivity contribution >= 4 is 34.0 Å². The monoisotopic (exact) mass is 337 g/mol. The Morgan fingerprint density at radius 1 is 0.920 bits per heavy atom. The number of hydrogen-bond acceptors (Lipinski definition) is 6. The van der Waals surface area contributed by atoms with Crippen LogP contribution in [-0.2, 0) is 0 Å². The van der Waals surface area contributed by atoms with Gasteiger partial charge in [-0.3, -0.25) is 25.2 Å². The Bertz CT molecular complexity index is 1030. The summed E-state index contributed by atoms with van der Waals surface area (Å²) >= 11 is 0. The molecule has 25 heavy (non-hydrogen) atoms. The van der Waals surface area contributed by atoms with Gasteiger partial charge in [0.2, 0.25) is 0 Å². The summed E-state index contributed by atoms with van der Waals surface area (Å²) in [7, 11) is 0. The van der Waals surface area contributed by atoms with E-state index >= 15 is 0 Å². The molecular formula is C17H11N3O5.